The van der Waals surface area contributed by atoms with Crippen LogP contribution in [0.2, 0.25) is 0 Å². The molecule has 0 atom stereocenters. The first-order valence-electron chi connectivity index (χ1n) is 27.9. The summed E-state index contributed by atoms with van der Waals surface area (Å²) in [6.07, 6.45) is 0. The summed E-state index contributed by atoms with van der Waals surface area (Å²) in [7, 11) is 0. The van der Waals surface area contributed by atoms with E-state index in [4.69, 9.17) is 31.8 Å². The first kappa shape index (κ1) is 10.7. The Morgan fingerprint density at radius 2 is 0.957 bits per heavy atom. The smallest absolute Gasteiger partial charge is 0.136 e. The van der Waals surface area contributed by atoms with E-state index >= 15 is 0 Å². The first-order chi connectivity index (χ1) is 35.0. The molecule has 0 saturated carbocycles. The first-order valence-corrected chi connectivity index (χ1v) is 13.9. The number of hydrogen-bond acceptors (Lipinski definition) is 1. The zero-order chi connectivity index (χ0) is 55.3. The van der Waals surface area contributed by atoms with Gasteiger partial charge in [-0.05, 0) is 101 Å². The standard InChI is InChI=1S/C46H28O/c1-2-13-29(14-3-1)44-35-19-8-9-20-36(35)45(39-22-12-24-43-46(39)38-21-10-11-23-42(38)47-43)41-28-31(25-26-37(41)44)40-27-30-15-4-5-16-32(30)33-17-6-7-18-34(33)40/h1-28H/i1D,2D,3D,4D,5D,6D,7D,8D,9D,10D,11D,12D,13D,14D,15D,16D,17D,18D,19D,20D,21D,22D,23D,24D,25D,26D,27D,28D. The molecule has 0 aliphatic heterocycles. The lowest BCUT2D eigenvalue weighted by Crippen LogP contribution is -1.92. The van der Waals surface area contributed by atoms with Crippen LogP contribution in [0.4, 0.5) is 0 Å². The van der Waals surface area contributed by atoms with E-state index in [2.05, 4.69) is 0 Å². The fourth-order valence-corrected chi connectivity index (χ4v) is 5.92. The van der Waals surface area contributed by atoms with Crippen LogP contribution in [0.3, 0.4) is 0 Å². The van der Waals surface area contributed by atoms with Crippen LogP contribution in [-0.2, 0) is 0 Å². The van der Waals surface area contributed by atoms with Crippen LogP contribution in [-0.4, -0.2) is 0 Å². The van der Waals surface area contributed by atoms with E-state index in [1.165, 1.54) is 0 Å². The maximum absolute atomic E-state index is 10.4. The van der Waals surface area contributed by atoms with Gasteiger partial charge in [-0.25, -0.2) is 0 Å². The average molecular weight is 625 g/mol. The largest absolute Gasteiger partial charge is 0.456 e. The van der Waals surface area contributed by atoms with E-state index in [9.17, 15) is 11.0 Å². The van der Waals surface area contributed by atoms with Crippen molar-refractivity contribution in [2.45, 2.75) is 0 Å². The Balaban J connectivity index is 1.65. The molecule has 10 aromatic rings. The second kappa shape index (κ2) is 10.2. The van der Waals surface area contributed by atoms with E-state index in [1.54, 1.807) is 0 Å². The minimum absolute atomic E-state index is 0.543. The van der Waals surface area contributed by atoms with Gasteiger partial charge in [-0.3, -0.25) is 0 Å². The second-order valence-electron chi connectivity index (χ2n) is 10.3. The summed E-state index contributed by atoms with van der Waals surface area (Å²) in [5, 5.41) is -6.86. The Bertz CT molecular complexity index is 4410. The van der Waals surface area contributed by atoms with Gasteiger partial charge in [0.1, 0.15) is 11.2 Å². The predicted octanol–water partition coefficient (Wildman–Crippen LogP) is 13.2. The molecule has 0 unspecified atom stereocenters. The minimum Gasteiger partial charge on any atom is -0.456 e. The number of rotatable bonds is 3. The summed E-state index contributed by atoms with van der Waals surface area (Å²) in [5.41, 5.74) is -6.17. The molecule has 0 aliphatic carbocycles. The Morgan fingerprint density at radius 1 is 0.340 bits per heavy atom. The van der Waals surface area contributed by atoms with Gasteiger partial charge in [0.05, 0.1) is 38.4 Å². The topological polar surface area (TPSA) is 13.1 Å². The third-order valence-corrected chi connectivity index (χ3v) is 7.82. The number of para-hydroxylation sites is 1. The molecule has 0 radical (unpaired) electrons. The summed E-state index contributed by atoms with van der Waals surface area (Å²) >= 11 is 0. The maximum Gasteiger partial charge on any atom is 0.136 e. The van der Waals surface area contributed by atoms with Gasteiger partial charge in [0.15, 0.2) is 0 Å². The van der Waals surface area contributed by atoms with Gasteiger partial charge in [-0.2, -0.15) is 0 Å². The molecule has 0 amide bonds. The van der Waals surface area contributed by atoms with Crippen molar-refractivity contribution >= 4 is 65.0 Å². The van der Waals surface area contributed by atoms with Crippen LogP contribution in [0.1, 0.15) is 38.4 Å². The molecule has 0 N–H and O–H groups in total. The van der Waals surface area contributed by atoms with E-state index in [-0.39, 0.29) is 0 Å². The normalized spacial score (nSPS) is 20.2. The van der Waals surface area contributed by atoms with E-state index in [0.29, 0.717) is 0 Å². The number of hydrogen-bond donors (Lipinski definition) is 0. The summed E-state index contributed by atoms with van der Waals surface area (Å²) < 4.78 is 260. The van der Waals surface area contributed by atoms with Crippen LogP contribution in [0.15, 0.2) is 174 Å². The Kier molecular flexibility index (Phi) is 2.31. The fourth-order valence-electron chi connectivity index (χ4n) is 5.92. The lowest BCUT2D eigenvalue weighted by atomic mass is 9.83. The van der Waals surface area contributed by atoms with Crippen molar-refractivity contribution in [3.8, 4) is 33.4 Å². The molecule has 1 heteroatoms. The molecule has 10 rings (SSSR count). The average Bonchev–Trinajstić information content (AvgIpc) is 3.78. The number of furan rings is 1. The molecule has 0 saturated heterocycles. The van der Waals surface area contributed by atoms with Gasteiger partial charge in [-0.1, -0.05) is 145 Å². The Labute approximate surface area is 311 Å². The van der Waals surface area contributed by atoms with Crippen molar-refractivity contribution in [2.75, 3.05) is 0 Å². The third-order valence-electron chi connectivity index (χ3n) is 7.82. The molecule has 9 aromatic carbocycles. The van der Waals surface area contributed by atoms with Crippen molar-refractivity contribution in [3.63, 3.8) is 0 Å². The predicted molar refractivity (Wildman–Crippen MR) is 200 cm³/mol. The third kappa shape index (κ3) is 3.90. The summed E-state index contributed by atoms with van der Waals surface area (Å²) in [5.74, 6) is 0. The highest BCUT2D eigenvalue weighted by atomic mass is 16.3. The van der Waals surface area contributed by atoms with E-state index < -0.39 is 268 Å². The van der Waals surface area contributed by atoms with Crippen LogP contribution in [0, 0.1) is 0 Å². The number of benzene rings is 9. The molecule has 0 bridgehead atoms. The molecule has 218 valence electrons. The quantitative estimate of drug-likeness (QED) is 0.141. The van der Waals surface area contributed by atoms with Crippen molar-refractivity contribution in [1.82, 2.24) is 0 Å². The lowest BCUT2D eigenvalue weighted by molar-refractivity contribution is 0.669. The van der Waals surface area contributed by atoms with Crippen molar-refractivity contribution < 1.29 is 42.8 Å². The highest BCUT2D eigenvalue weighted by Gasteiger charge is 2.21. The van der Waals surface area contributed by atoms with Gasteiger partial charge in [-0.15, -0.1) is 0 Å². The summed E-state index contributed by atoms with van der Waals surface area (Å²) in [4.78, 5) is 0. The molecule has 47 heavy (non-hydrogen) atoms. The van der Waals surface area contributed by atoms with Crippen LogP contribution >= 0.6 is 0 Å². The van der Waals surface area contributed by atoms with E-state index in [0.717, 1.165) is 0 Å². The van der Waals surface area contributed by atoms with Gasteiger partial charge >= 0.3 is 0 Å². The molecular formula is C46H28O. The Hall–Kier alpha value is -6.18. The molecule has 0 spiro atoms. The van der Waals surface area contributed by atoms with Crippen LogP contribution < -0.4 is 0 Å². The SMILES string of the molecule is [2H]c1c([2H])c([2H])c(-c2c3c([2H])c([2H])c([2H])c([2H])c3c(-c3c([2H])c([2H])c([2H])c4oc5c([2H])c([2H])c([2H])c([2H])c5c34)c3c([2H])c(-c4c([2H])c5c([2H])c([2H])c([2H])c([2H])c5c5c([2H])c([2H])c([2H])c([2H])c45)c([2H])c([2H])c23)c([2H])c1[2H]. The highest BCUT2D eigenvalue weighted by molar-refractivity contribution is 6.26. The summed E-state index contributed by atoms with van der Waals surface area (Å²) in [6.45, 7) is 0. The minimum atomic E-state index is -1.13. The van der Waals surface area contributed by atoms with Crippen LogP contribution in [0.25, 0.3) is 98.4 Å². The zero-order valence-electron chi connectivity index (χ0n) is 51.4. The highest BCUT2D eigenvalue weighted by Crippen LogP contribution is 2.48. The van der Waals surface area contributed by atoms with E-state index in [1.807, 2.05) is 0 Å². The molecule has 1 heterocycles. The lowest BCUT2D eigenvalue weighted by Gasteiger charge is -2.19. The number of fused-ring (bicyclic) bond motifs is 8. The zero-order valence-corrected chi connectivity index (χ0v) is 23.4. The van der Waals surface area contributed by atoms with Crippen LogP contribution in [0.5, 0.6) is 0 Å². The Morgan fingerprint density at radius 3 is 1.79 bits per heavy atom. The van der Waals surface area contributed by atoms with Crippen molar-refractivity contribution in [2.24, 2.45) is 0 Å². The molecule has 0 fully saturated rings. The fraction of sp³-hybridized carbons (Fsp3) is 0. The molecule has 1 aromatic heterocycles. The maximum atomic E-state index is 10.4. The van der Waals surface area contributed by atoms with Gasteiger partial charge in [0.2, 0.25) is 0 Å². The molecule has 1 nitrogen and oxygen atoms in total. The van der Waals surface area contributed by atoms with Gasteiger partial charge in [0.25, 0.3) is 0 Å². The van der Waals surface area contributed by atoms with Gasteiger partial charge < -0.3 is 4.42 Å². The van der Waals surface area contributed by atoms with Crippen molar-refractivity contribution in [1.29, 1.82) is 0 Å². The van der Waals surface area contributed by atoms with Crippen molar-refractivity contribution in [3.05, 3.63) is 169 Å². The molecular weight excluding hydrogens is 569 g/mol. The molecule has 0 aliphatic rings. The monoisotopic (exact) mass is 624 g/mol. The summed E-state index contributed by atoms with van der Waals surface area (Å²) in [6, 6.07) is -26.8. The second-order valence-corrected chi connectivity index (χ2v) is 10.3. The van der Waals surface area contributed by atoms with Gasteiger partial charge in [0, 0.05) is 10.8 Å².